The van der Waals surface area contributed by atoms with Gasteiger partial charge >= 0.3 is 0 Å². The van der Waals surface area contributed by atoms with Crippen molar-refractivity contribution in [2.24, 2.45) is 5.92 Å². The van der Waals surface area contributed by atoms with Crippen LogP contribution in [0.15, 0.2) is 12.1 Å². The van der Waals surface area contributed by atoms with Crippen LogP contribution in [0.2, 0.25) is 0 Å². The molecule has 0 fully saturated rings. The molecule has 1 nitrogen and oxygen atoms in total. The molecule has 17 heavy (non-hydrogen) atoms. The van der Waals surface area contributed by atoms with Crippen LogP contribution in [-0.2, 0) is 12.8 Å². The summed E-state index contributed by atoms with van der Waals surface area (Å²) in [5, 5.41) is 1.50. The van der Waals surface area contributed by atoms with Gasteiger partial charge in [0.05, 0.1) is 0 Å². The SMILES string of the molecule is CCC1CCc2[nH]c3cc(C)cc(C)c3c2C1. The molecule has 1 heteroatoms. The highest BCUT2D eigenvalue weighted by Crippen LogP contribution is 2.34. The van der Waals surface area contributed by atoms with Gasteiger partial charge in [0.2, 0.25) is 0 Å². The highest BCUT2D eigenvalue weighted by molar-refractivity contribution is 5.88. The molecule has 1 aromatic carbocycles. The van der Waals surface area contributed by atoms with Crippen LogP contribution >= 0.6 is 0 Å². The standard InChI is InChI=1S/C16H21N/c1-4-12-5-6-14-13(9-12)16-11(3)7-10(2)8-15(16)17-14/h7-8,12,17H,4-6,9H2,1-3H3. The molecular weight excluding hydrogens is 206 g/mol. The molecule has 1 heterocycles. The van der Waals surface area contributed by atoms with E-state index in [9.17, 15) is 0 Å². The summed E-state index contributed by atoms with van der Waals surface area (Å²) in [6, 6.07) is 4.60. The van der Waals surface area contributed by atoms with Crippen LogP contribution in [0.5, 0.6) is 0 Å². The zero-order valence-corrected chi connectivity index (χ0v) is 11.1. The second kappa shape index (κ2) is 3.90. The van der Waals surface area contributed by atoms with E-state index >= 15 is 0 Å². The molecule has 0 aliphatic heterocycles. The Morgan fingerprint density at radius 3 is 2.88 bits per heavy atom. The molecule has 3 rings (SSSR count). The summed E-state index contributed by atoms with van der Waals surface area (Å²) in [6.45, 7) is 6.75. The molecule has 1 atom stereocenters. The lowest BCUT2D eigenvalue weighted by Gasteiger charge is -2.21. The van der Waals surface area contributed by atoms with Crippen LogP contribution in [0.3, 0.4) is 0 Å². The Kier molecular flexibility index (Phi) is 2.50. The average Bonchev–Trinajstić information content (AvgIpc) is 2.65. The first kappa shape index (κ1) is 10.9. The monoisotopic (exact) mass is 227 g/mol. The first-order valence-corrected chi connectivity index (χ1v) is 6.79. The van der Waals surface area contributed by atoms with Crippen molar-refractivity contribution in [3.63, 3.8) is 0 Å². The van der Waals surface area contributed by atoms with Crippen LogP contribution in [-0.4, -0.2) is 4.98 Å². The topological polar surface area (TPSA) is 15.8 Å². The number of rotatable bonds is 1. The predicted octanol–water partition coefficient (Wildman–Crippen LogP) is 4.30. The van der Waals surface area contributed by atoms with E-state index in [1.165, 1.54) is 53.4 Å². The molecule has 0 radical (unpaired) electrons. The number of benzene rings is 1. The van der Waals surface area contributed by atoms with E-state index in [1.807, 2.05) is 0 Å². The van der Waals surface area contributed by atoms with Crippen molar-refractivity contribution < 1.29 is 0 Å². The average molecular weight is 227 g/mol. The fraction of sp³-hybridized carbons (Fsp3) is 0.500. The van der Waals surface area contributed by atoms with Crippen LogP contribution in [0, 0.1) is 19.8 Å². The largest absolute Gasteiger partial charge is 0.358 e. The van der Waals surface area contributed by atoms with Crippen LogP contribution in [0.4, 0.5) is 0 Å². The third kappa shape index (κ3) is 1.69. The third-order valence-electron chi connectivity index (χ3n) is 4.30. The molecular formula is C16H21N. The van der Waals surface area contributed by atoms with Crippen molar-refractivity contribution in [1.82, 2.24) is 4.98 Å². The highest BCUT2D eigenvalue weighted by atomic mass is 14.7. The van der Waals surface area contributed by atoms with Crippen molar-refractivity contribution >= 4 is 10.9 Å². The van der Waals surface area contributed by atoms with Gasteiger partial charge < -0.3 is 4.98 Å². The van der Waals surface area contributed by atoms with Crippen LogP contribution < -0.4 is 0 Å². The Labute approximate surface area is 103 Å². The minimum absolute atomic E-state index is 0.891. The van der Waals surface area contributed by atoms with Gasteiger partial charge in [0.15, 0.2) is 0 Å². The summed E-state index contributed by atoms with van der Waals surface area (Å²) >= 11 is 0. The molecule has 0 bridgehead atoms. The van der Waals surface area contributed by atoms with E-state index in [4.69, 9.17) is 0 Å². The number of hydrogen-bond acceptors (Lipinski definition) is 0. The number of hydrogen-bond donors (Lipinski definition) is 1. The predicted molar refractivity (Wildman–Crippen MR) is 73.6 cm³/mol. The lowest BCUT2D eigenvalue weighted by Crippen LogP contribution is -2.12. The second-order valence-corrected chi connectivity index (χ2v) is 5.60. The summed E-state index contributed by atoms with van der Waals surface area (Å²) in [4.78, 5) is 3.64. The minimum atomic E-state index is 0.891. The van der Waals surface area contributed by atoms with Gasteiger partial charge in [-0.3, -0.25) is 0 Å². The summed E-state index contributed by atoms with van der Waals surface area (Å²) < 4.78 is 0. The van der Waals surface area contributed by atoms with Gasteiger partial charge in [-0.05, 0) is 61.8 Å². The van der Waals surface area contributed by atoms with E-state index in [2.05, 4.69) is 37.9 Å². The van der Waals surface area contributed by atoms with Gasteiger partial charge in [0, 0.05) is 16.6 Å². The molecule has 1 unspecified atom stereocenters. The number of fused-ring (bicyclic) bond motifs is 3. The Hall–Kier alpha value is -1.24. The van der Waals surface area contributed by atoms with Crippen molar-refractivity contribution in [3.8, 4) is 0 Å². The molecule has 0 saturated heterocycles. The molecule has 2 aromatic rings. The quantitative estimate of drug-likeness (QED) is 0.747. The van der Waals surface area contributed by atoms with Gasteiger partial charge in [0.25, 0.3) is 0 Å². The number of aromatic nitrogens is 1. The summed E-state index contributed by atoms with van der Waals surface area (Å²) in [6.07, 6.45) is 5.18. The summed E-state index contributed by atoms with van der Waals surface area (Å²) in [5.41, 5.74) is 7.26. The molecule has 0 saturated carbocycles. The lowest BCUT2D eigenvalue weighted by molar-refractivity contribution is 0.444. The zero-order valence-electron chi connectivity index (χ0n) is 11.1. The summed E-state index contributed by atoms with van der Waals surface area (Å²) in [7, 11) is 0. The normalized spacial score (nSPS) is 19.6. The van der Waals surface area contributed by atoms with E-state index in [0.717, 1.165) is 5.92 Å². The number of H-pyrrole nitrogens is 1. The minimum Gasteiger partial charge on any atom is -0.358 e. The maximum atomic E-state index is 3.64. The second-order valence-electron chi connectivity index (χ2n) is 5.60. The smallest absolute Gasteiger partial charge is 0.0464 e. The van der Waals surface area contributed by atoms with Crippen molar-refractivity contribution in [1.29, 1.82) is 0 Å². The molecule has 1 aromatic heterocycles. The van der Waals surface area contributed by atoms with E-state index in [1.54, 1.807) is 5.56 Å². The van der Waals surface area contributed by atoms with Gasteiger partial charge in [-0.2, -0.15) is 0 Å². The zero-order chi connectivity index (χ0) is 12.0. The summed E-state index contributed by atoms with van der Waals surface area (Å²) in [5.74, 6) is 0.891. The Bertz CT molecular complexity index is 562. The van der Waals surface area contributed by atoms with Crippen molar-refractivity contribution in [3.05, 3.63) is 34.5 Å². The number of nitrogens with one attached hydrogen (secondary N) is 1. The Morgan fingerprint density at radius 1 is 1.29 bits per heavy atom. The maximum Gasteiger partial charge on any atom is 0.0464 e. The first-order valence-electron chi connectivity index (χ1n) is 6.79. The molecule has 1 aliphatic rings. The molecule has 0 spiro atoms. The van der Waals surface area contributed by atoms with E-state index in [0.29, 0.717) is 0 Å². The third-order valence-corrected chi connectivity index (χ3v) is 4.30. The van der Waals surface area contributed by atoms with Crippen LogP contribution in [0.1, 0.15) is 42.1 Å². The maximum absolute atomic E-state index is 3.64. The van der Waals surface area contributed by atoms with Crippen LogP contribution in [0.25, 0.3) is 10.9 Å². The Balaban J connectivity index is 2.21. The van der Waals surface area contributed by atoms with E-state index < -0.39 is 0 Å². The number of aryl methyl sites for hydroxylation is 3. The van der Waals surface area contributed by atoms with Gasteiger partial charge in [-0.1, -0.05) is 19.4 Å². The fourth-order valence-electron chi connectivity index (χ4n) is 3.38. The molecule has 1 aliphatic carbocycles. The fourth-order valence-corrected chi connectivity index (χ4v) is 3.38. The number of aromatic amines is 1. The van der Waals surface area contributed by atoms with Gasteiger partial charge in [-0.25, -0.2) is 0 Å². The Morgan fingerprint density at radius 2 is 2.12 bits per heavy atom. The highest BCUT2D eigenvalue weighted by Gasteiger charge is 2.22. The van der Waals surface area contributed by atoms with E-state index in [-0.39, 0.29) is 0 Å². The van der Waals surface area contributed by atoms with Gasteiger partial charge in [-0.15, -0.1) is 0 Å². The molecule has 0 amide bonds. The molecule has 1 N–H and O–H groups in total. The molecule has 90 valence electrons. The van der Waals surface area contributed by atoms with Crippen molar-refractivity contribution in [2.75, 3.05) is 0 Å². The van der Waals surface area contributed by atoms with Crippen molar-refractivity contribution in [2.45, 2.75) is 46.5 Å². The lowest BCUT2D eigenvalue weighted by atomic mass is 9.84. The van der Waals surface area contributed by atoms with Gasteiger partial charge in [0.1, 0.15) is 0 Å². The first-order chi connectivity index (χ1) is 8.19.